The third-order valence-corrected chi connectivity index (χ3v) is 3.11. The van der Waals surface area contributed by atoms with Crippen molar-refractivity contribution in [1.29, 1.82) is 0 Å². The van der Waals surface area contributed by atoms with E-state index in [1.165, 1.54) is 0 Å². The molecule has 2 unspecified atom stereocenters. The fraction of sp³-hybridized carbons (Fsp3) is 0.625. The van der Waals surface area contributed by atoms with Gasteiger partial charge in [0, 0.05) is 0 Å². The van der Waals surface area contributed by atoms with Crippen LogP contribution < -0.4 is 17.2 Å². The fourth-order valence-corrected chi connectivity index (χ4v) is 1.57. The number of hydrogen-bond acceptors (Lipinski definition) is 10. The summed E-state index contributed by atoms with van der Waals surface area (Å²) in [6.45, 7) is 14.2. The van der Waals surface area contributed by atoms with Crippen molar-refractivity contribution in [3.63, 3.8) is 0 Å². The quantitative estimate of drug-likeness (QED) is 0.329. The van der Waals surface area contributed by atoms with Crippen molar-refractivity contribution in [3.8, 4) is 5.75 Å². The van der Waals surface area contributed by atoms with Gasteiger partial charge in [-0.1, -0.05) is 25.1 Å². The van der Waals surface area contributed by atoms with Crippen LogP contribution in [-0.4, -0.2) is 60.0 Å². The minimum atomic E-state index is -0.507. The fourth-order valence-electron chi connectivity index (χ4n) is 1.57. The molecule has 0 aliphatic carbocycles. The summed E-state index contributed by atoms with van der Waals surface area (Å²) in [5.41, 5.74) is 15.5. The summed E-state index contributed by atoms with van der Waals surface area (Å²) in [5.74, 6) is -0.676. The number of phenolic OH excluding ortho intramolecular Hbond substituents is 1. The van der Waals surface area contributed by atoms with E-state index in [1.807, 2.05) is 13.0 Å². The molecule has 198 valence electrons. The SMILES string of the molecule is CC(C)OC(=O)C(C)N.CC(C)OC(=O)CN.CCC(N)C(=O)OC(C)C.Oc1ccccc1. The Morgan fingerprint density at radius 1 is 0.794 bits per heavy atom. The zero-order valence-electron chi connectivity index (χ0n) is 21.8. The summed E-state index contributed by atoms with van der Waals surface area (Å²) in [7, 11) is 0. The van der Waals surface area contributed by atoms with E-state index >= 15 is 0 Å². The predicted octanol–water partition coefficient (Wildman–Crippen LogP) is 2.25. The van der Waals surface area contributed by atoms with Gasteiger partial charge in [0.2, 0.25) is 0 Å². The number of rotatable bonds is 7. The Hall–Kier alpha value is -2.69. The smallest absolute Gasteiger partial charge is 0.323 e. The summed E-state index contributed by atoms with van der Waals surface area (Å²) in [6, 6.07) is 7.75. The average Bonchev–Trinajstić information content (AvgIpc) is 2.73. The first-order chi connectivity index (χ1) is 15.7. The highest BCUT2D eigenvalue weighted by molar-refractivity contribution is 5.75. The van der Waals surface area contributed by atoms with Crippen molar-refractivity contribution in [3.05, 3.63) is 30.3 Å². The van der Waals surface area contributed by atoms with Gasteiger partial charge >= 0.3 is 17.9 Å². The number of aromatic hydroxyl groups is 1. The van der Waals surface area contributed by atoms with Gasteiger partial charge in [0.1, 0.15) is 17.8 Å². The lowest BCUT2D eigenvalue weighted by Crippen LogP contribution is -2.32. The lowest BCUT2D eigenvalue weighted by atomic mass is 10.2. The van der Waals surface area contributed by atoms with Crippen LogP contribution in [0.4, 0.5) is 0 Å². The number of hydrogen-bond donors (Lipinski definition) is 4. The van der Waals surface area contributed by atoms with Crippen LogP contribution in [0, 0.1) is 0 Å². The summed E-state index contributed by atoms with van der Waals surface area (Å²) in [6.07, 6.45) is 0.450. The lowest BCUT2D eigenvalue weighted by Gasteiger charge is -2.11. The van der Waals surface area contributed by atoms with Crippen molar-refractivity contribution in [2.75, 3.05) is 6.54 Å². The number of benzene rings is 1. The summed E-state index contributed by atoms with van der Waals surface area (Å²) in [4.78, 5) is 31.7. The minimum Gasteiger partial charge on any atom is -0.508 e. The Morgan fingerprint density at radius 3 is 1.41 bits per heavy atom. The van der Waals surface area contributed by atoms with Crippen LogP contribution in [0.25, 0.3) is 0 Å². The van der Waals surface area contributed by atoms with Gasteiger partial charge < -0.3 is 36.5 Å². The summed E-state index contributed by atoms with van der Waals surface area (Å²) < 4.78 is 14.2. The first-order valence-corrected chi connectivity index (χ1v) is 11.2. The van der Waals surface area contributed by atoms with E-state index in [9.17, 15) is 14.4 Å². The second-order valence-electron chi connectivity index (χ2n) is 7.85. The maximum atomic E-state index is 10.8. The Bertz CT molecular complexity index is 651. The zero-order valence-corrected chi connectivity index (χ0v) is 21.8. The van der Waals surface area contributed by atoms with E-state index in [0.29, 0.717) is 12.2 Å². The average molecular weight is 488 g/mol. The Morgan fingerprint density at radius 2 is 1.21 bits per heavy atom. The molecular weight excluding hydrogens is 442 g/mol. The number of phenols is 1. The molecule has 0 radical (unpaired) electrons. The maximum absolute atomic E-state index is 10.8. The number of esters is 3. The standard InChI is InChI=1S/C7H15NO2.C6H13NO2.C6H6O.C5H11NO2/c1-4-6(8)7(9)10-5(2)3;1-4(2)9-6(8)5(3)7;7-6-4-2-1-3-5-6;1-4(2)8-5(7)3-6/h5-6H,4,8H2,1-3H3;4-5H,7H2,1-3H3;1-5,7H;4H,3,6H2,1-2H3. The second kappa shape index (κ2) is 22.1. The number of ether oxygens (including phenoxy) is 3. The molecule has 10 nitrogen and oxygen atoms in total. The molecule has 0 heterocycles. The number of carbonyl (C=O) groups excluding carboxylic acids is 3. The molecule has 1 aromatic rings. The highest BCUT2D eigenvalue weighted by Gasteiger charge is 2.13. The van der Waals surface area contributed by atoms with E-state index in [1.54, 1.807) is 72.7 Å². The Labute approximate surface area is 204 Å². The molecule has 0 aliphatic heterocycles. The summed E-state index contributed by atoms with van der Waals surface area (Å²) >= 11 is 0. The van der Waals surface area contributed by atoms with Crippen LogP contribution in [0.3, 0.4) is 0 Å². The molecule has 0 aliphatic rings. The van der Waals surface area contributed by atoms with Crippen molar-refractivity contribution in [2.24, 2.45) is 17.2 Å². The molecule has 0 saturated heterocycles. The van der Waals surface area contributed by atoms with Crippen molar-refractivity contribution in [2.45, 2.75) is 92.2 Å². The molecule has 2 atom stereocenters. The Balaban J connectivity index is -0.000000379. The van der Waals surface area contributed by atoms with Crippen LogP contribution in [0.2, 0.25) is 0 Å². The number of carbonyl (C=O) groups is 3. The highest BCUT2D eigenvalue weighted by Crippen LogP contribution is 2.02. The zero-order chi connectivity index (χ0) is 27.3. The van der Waals surface area contributed by atoms with E-state index in [4.69, 9.17) is 31.8 Å². The largest absolute Gasteiger partial charge is 0.508 e. The van der Waals surface area contributed by atoms with E-state index in [-0.39, 0.29) is 42.8 Å². The molecule has 7 N–H and O–H groups in total. The third-order valence-electron chi connectivity index (χ3n) is 3.11. The van der Waals surface area contributed by atoms with E-state index in [2.05, 4.69) is 4.74 Å². The Kier molecular flexibility index (Phi) is 23.3. The summed E-state index contributed by atoms with van der Waals surface area (Å²) in [5, 5.41) is 8.63. The molecule has 0 saturated carbocycles. The van der Waals surface area contributed by atoms with Gasteiger partial charge in [-0.3, -0.25) is 14.4 Å². The van der Waals surface area contributed by atoms with Crippen LogP contribution in [0.5, 0.6) is 5.75 Å². The van der Waals surface area contributed by atoms with Crippen molar-refractivity contribution < 1.29 is 33.7 Å². The van der Waals surface area contributed by atoms with Gasteiger partial charge in [-0.05, 0) is 67.0 Å². The van der Waals surface area contributed by atoms with Gasteiger partial charge in [-0.15, -0.1) is 0 Å². The van der Waals surface area contributed by atoms with Gasteiger partial charge in [0.15, 0.2) is 0 Å². The monoisotopic (exact) mass is 487 g/mol. The van der Waals surface area contributed by atoms with Crippen LogP contribution in [0.1, 0.15) is 61.8 Å². The van der Waals surface area contributed by atoms with Gasteiger partial charge in [-0.25, -0.2) is 0 Å². The van der Waals surface area contributed by atoms with Gasteiger partial charge in [0.25, 0.3) is 0 Å². The van der Waals surface area contributed by atoms with Crippen molar-refractivity contribution in [1.82, 2.24) is 0 Å². The van der Waals surface area contributed by atoms with Crippen LogP contribution in [-0.2, 0) is 28.6 Å². The normalized spacial score (nSPS) is 11.5. The molecule has 1 rings (SSSR count). The molecule has 1 aromatic carbocycles. The maximum Gasteiger partial charge on any atom is 0.323 e. The lowest BCUT2D eigenvalue weighted by molar-refractivity contribution is -0.149. The number of nitrogens with two attached hydrogens (primary N) is 3. The molecule has 0 bridgehead atoms. The van der Waals surface area contributed by atoms with E-state index in [0.717, 1.165) is 0 Å². The molecule has 34 heavy (non-hydrogen) atoms. The van der Waals surface area contributed by atoms with Crippen molar-refractivity contribution >= 4 is 17.9 Å². The first kappa shape index (κ1) is 35.9. The molecule has 10 heteroatoms. The number of para-hydroxylation sites is 1. The predicted molar refractivity (Wildman–Crippen MR) is 133 cm³/mol. The van der Waals surface area contributed by atoms with Crippen LogP contribution >= 0.6 is 0 Å². The topological polar surface area (TPSA) is 177 Å². The highest BCUT2D eigenvalue weighted by atomic mass is 16.6. The second-order valence-corrected chi connectivity index (χ2v) is 7.85. The van der Waals surface area contributed by atoms with Gasteiger partial charge in [0.05, 0.1) is 24.9 Å². The minimum absolute atomic E-state index is 0.0296. The molecule has 0 fully saturated rings. The molecule has 0 spiro atoms. The molecular formula is C24H45N3O7. The molecule has 0 amide bonds. The van der Waals surface area contributed by atoms with Gasteiger partial charge in [-0.2, -0.15) is 0 Å². The first-order valence-electron chi connectivity index (χ1n) is 11.2. The van der Waals surface area contributed by atoms with E-state index < -0.39 is 12.1 Å². The van der Waals surface area contributed by atoms with Crippen LogP contribution in [0.15, 0.2) is 30.3 Å². The molecule has 0 aromatic heterocycles. The third kappa shape index (κ3) is 27.3.